The van der Waals surface area contributed by atoms with Crippen molar-refractivity contribution < 1.29 is 24.5 Å². The van der Waals surface area contributed by atoms with E-state index in [1.807, 2.05) is 0 Å². The number of aliphatic hydroxyl groups is 1. The van der Waals surface area contributed by atoms with E-state index in [4.69, 9.17) is 5.11 Å². The maximum Gasteiger partial charge on any atom is 0.519 e. The summed E-state index contributed by atoms with van der Waals surface area (Å²) >= 11 is 0. The van der Waals surface area contributed by atoms with Crippen LogP contribution in [0.2, 0.25) is 0 Å². The van der Waals surface area contributed by atoms with Crippen LogP contribution in [0, 0.1) is 0 Å². The molecule has 2 aromatic heterocycles. The molecule has 138 valence electrons. The number of alkyl halides is 3. The van der Waals surface area contributed by atoms with Crippen molar-refractivity contribution in [1.82, 2.24) is 24.8 Å². The maximum absolute atomic E-state index is 12.2. The van der Waals surface area contributed by atoms with Gasteiger partial charge in [-0.25, -0.2) is 15.0 Å². The zero-order chi connectivity index (χ0) is 18.3. The van der Waals surface area contributed by atoms with Gasteiger partial charge in [0.05, 0.1) is 0 Å². The molecule has 2 aromatic rings. The van der Waals surface area contributed by atoms with Crippen LogP contribution in [0.25, 0.3) is 5.82 Å². The van der Waals surface area contributed by atoms with Gasteiger partial charge < -0.3 is 10.4 Å². The number of hydrogen-bond acceptors (Lipinski definition) is 5. The Labute approximate surface area is 143 Å². The summed E-state index contributed by atoms with van der Waals surface area (Å²) in [5.74, 6) is 0.659. The average Bonchev–Trinajstić information content (AvgIpc) is 3.09. The number of amides is 1. The fraction of sp³-hybridized carbons (Fsp3) is 0.467. The Morgan fingerprint density at radius 1 is 1.28 bits per heavy atom. The van der Waals surface area contributed by atoms with Gasteiger partial charge in [-0.2, -0.15) is 0 Å². The predicted octanol–water partition coefficient (Wildman–Crippen LogP) is 2.47. The Morgan fingerprint density at radius 2 is 1.96 bits per heavy atom. The van der Waals surface area contributed by atoms with E-state index >= 15 is 0 Å². The zero-order valence-electron chi connectivity index (χ0n) is 13.3. The average molecular weight is 359 g/mol. The lowest BCUT2D eigenvalue weighted by Gasteiger charge is -2.22. The van der Waals surface area contributed by atoms with Crippen LogP contribution in [0.3, 0.4) is 0 Å². The van der Waals surface area contributed by atoms with Crippen LogP contribution < -0.4 is 5.32 Å². The van der Waals surface area contributed by atoms with Crippen molar-refractivity contribution in [2.45, 2.75) is 44.5 Å². The minimum absolute atomic E-state index is 0. The minimum atomic E-state index is -5.00. The van der Waals surface area contributed by atoms with Crippen LogP contribution >= 0.6 is 0 Å². The second-order valence-corrected chi connectivity index (χ2v) is 5.48. The monoisotopic (exact) mass is 359 g/mol. The molecule has 3 rings (SSSR count). The molecule has 1 fully saturated rings. The van der Waals surface area contributed by atoms with Gasteiger partial charge in [0.2, 0.25) is 5.82 Å². The van der Waals surface area contributed by atoms with E-state index in [0.717, 1.165) is 12.8 Å². The van der Waals surface area contributed by atoms with Crippen molar-refractivity contribution in [3.8, 4) is 5.82 Å². The van der Waals surface area contributed by atoms with E-state index in [9.17, 15) is 18.0 Å². The number of nitrogens with zero attached hydrogens (tertiary/aromatic N) is 4. The number of hydrogen-bond donors (Lipinski definition) is 2. The molecule has 0 saturated heterocycles. The molecule has 0 bridgehead atoms. The second kappa shape index (κ2) is 8.56. The van der Waals surface area contributed by atoms with Gasteiger partial charge in [-0.3, -0.25) is 9.36 Å². The summed E-state index contributed by atoms with van der Waals surface area (Å²) in [4.78, 5) is 24.5. The second-order valence-electron chi connectivity index (χ2n) is 5.48. The first-order valence-corrected chi connectivity index (χ1v) is 7.74. The molecule has 2 N–H and O–H groups in total. The first-order chi connectivity index (χ1) is 11.8. The molecular formula is C15H20F3N5O2. The van der Waals surface area contributed by atoms with E-state index in [1.54, 1.807) is 35.6 Å². The van der Waals surface area contributed by atoms with Crippen molar-refractivity contribution in [2.24, 2.45) is 0 Å². The van der Waals surface area contributed by atoms with Gasteiger partial charge in [-0.05, 0) is 18.9 Å². The Kier molecular flexibility index (Phi) is 6.45. The smallest absolute Gasteiger partial charge is 0.347 e. The lowest BCUT2D eigenvalue weighted by molar-refractivity contribution is -0.295. The summed E-state index contributed by atoms with van der Waals surface area (Å²) in [6.45, 7) is 0. The van der Waals surface area contributed by atoms with Gasteiger partial charge >= 0.3 is 6.36 Å². The molecule has 1 aliphatic carbocycles. The fourth-order valence-electron chi connectivity index (χ4n) is 2.49. The third kappa shape index (κ3) is 6.87. The van der Waals surface area contributed by atoms with Crippen molar-refractivity contribution >= 4 is 5.91 Å². The minimum Gasteiger partial charge on any atom is -0.347 e. The van der Waals surface area contributed by atoms with E-state index in [2.05, 4.69) is 20.3 Å². The Hall–Kier alpha value is -2.49. The maximum atomic E-state index is 12.2. The highest BCUT2D eigenvalue weighted by Gasteiger charge is 2.20. The Bertz CT molecular complexity index is 670. The number of nitrogens with one attached hydrogen (secondary N) is 1. The number of aromatic nitrogens is 4. The number of halogens is 3. The number of imidazole rings is 1. The molecule has 25 heavy (non-hydrogen) atoms. The van der Waals surface area contributed by atoms with Crippen LogP contribution in [0.1, 0.15) is 44.1 Å². The predicted molar refractivity (Wildman–Crippen MR) is 83.9 cm³/mol. The van der Waals surface area contributed by atoms with Crippen molar-refractivity contribution in [3.05, 3.63) is 36.8 Å². The molecular weight excluding hydrogens is 339 g/mol. The molecule has 0 unspecified atom stereocenters. The number of rotatable bonds is 3. The molecule has 2 heterocycles. The quantitative estimate of drug-likeness (QED) is 0.878. The Balaban J connectivity index is 0.000000501. The molecule has 1 amide bonds. The van der Waals surface area contributed by atoms with Crippen LogP contribution in [-0.2, 0) is 0 Å². The molecule has 10 heteroatoms. The SMILES string of the molecule is O=C(NC1CCCCC1)c1nccc(-n2ccnc2)n1.OC(F)(F)F.[HH]. The van der Waals surface area contributed by atoms with Crippen molar-refractivity contribution in [3.63, 3.8) is 0 Å². The standard InChI is InChI=1S/C14H17N5O.CHF3O.H2/c20-14(17-11-4-2-1-3-5-11)13-16-7-6-12(18-13)19-9-8-15-10-19;2-1(3,4)5;/h6-11H,1-5H2,(H,17,20);5H;1H. The van der Waals surface area contributed by atoms with E-state index < -0.39 is 6.36 Å². The molecule has 1 aliphatic rings. The first kappa shape index (κ1) is 18.8. The highest BCUT2D eigenvalue weighted by Crippen LogP contribution is 2.17. The number of carbonyl (C=O) groups is 1. The van der Waals surface area contributed by atoms with Crippen LogP contribution in [-0.4, -0.2) is 42.9 Å². The molecule has 0 spiro atoms. The lowest BCUT2D eigenvalue weighted by atomic mass is 9.95. The van der Waals surface area contributed by atoms with Crippen LogP contribution in [0.5, 0.6) is 0 Å². The highest BCUT2D eigenvalue weighted by molar-refractivity contribution is 5.90. The van der Waals surface area contributed by atoms with Gasteiger partial charge in [0, 0.05) is 26.1 Å². The lowest BCUT2D eigenvalue weighted by Crippen LogP contribution is -2.37. The summed E-state index contributed by atoms with van der Waals surface area (Å²) in [6, 6.07) is 2.01. The molecule has 0 aliphatic heterocycles. The third-order valence-electron chi connectivity index (χ3n) is 3.55. The number of carbonyl (C=O) groups excluding carboxylic acids is 1. The van der Waals surface area contributed by atoms with Gasteiger partial charge in [0.1, 0.15) is 12.1 Å². The van der Waals surface area contributed by atoms with Crippen molar-refractivity contribution in [1.29, 1.82) is 0 Å². The van der Waals surface area contributed by atoms with E-state index in [-0.39, 0.29) is 19.2 Å². The molecule has 0 aromatic carbocycles. The summed E-state index contributed by atoms with van der Waals surface area (Å²) in [6.07, 6.45) is 7.42. The fourth-order valence-corrected chi connectivity index (χ4v) is 2.49. The van der Waals surface area contributed by atoms with E-state index in [0.29, 0.717) is 5.82 Å². The topological polar surface area (TPSA) is 92.9 Å². The summed E-state index contributed by atoms with van der Waals surface area (Å²) in [5, 5.41) is 9.54. The summed E-state index contributed by atoms with van der Waals surface area (Å²) < 4.78 is 31.5. The van der Waals surface area contributed by atoms with Crippen molar-refractivity contribution in [2.75, 3.05) is 0 Å². The van der Waals surface area contributed by atoms with E-state index in [1.165, 1.54) is 19.3 Å². The van der Waals surface area contributed by atoms with Gasteiger partial charge in [0.15, 0.2) is 0 Å². The van der Waals surface area contributed by atoms with Crippen LogP contribution in [0.15, 0.2) is 31.0 Å². The zero-order valence-corrected chi connectivity index (χ0v) is 13.3. The highest BCUT2D eigenvalue weighted by atomic mass is 19.4. The molecule has 1 saturated carbocycles. The third-order valence-corrected chi connectivity index (χ3v) is 3.55. The molecule has 0 radical (unpaired) electrons. The summed E-state index contributed by atoms with van der Waals surface area (Å²) in [5.41, 5.74) is 0. The largest absolute Gasteiger partial charge is 0.519 e. The molecule has 7 nitrogen and oxygen atoms in total. The van der Waals surface area contributed by atoms with Gasteiger partial charge in [0.25, 0.3) is 5.91 Å². The van der Waals surface area contributed by atoms with Gasteiger partial charge in [-0.1, -0.05) is 19.3 Å². The van der Waals surface area contributed by atoms with Gasteiger partial charge in [-0.15, -0.1) is 13.2 Å². The summed E-state index contributed by atoms with van der Waals surface area (Å²) in [7, 11) is 0. The normalized spacial score (nSPS) is 15.2. The Morgan fingerprint density at radius 3 is 2.56 bits per heavy atom. The van der Waals surface area contributed by atoms with Crippen LogP contribution in [0.4, 0.5) is 13.2 Å². The molecule has 0 atom stereocenters. The first-order valence-electron chi connectivity index (χ1n) is 7.74.